The number of carbonyl (C=O) groups excluding carboxylic acids is 1. The minimum Gasteiger partial charge on any atom is -0.441 e. The third-order valence-corrected chi connectivity index (χ3v) is 2.58. The molecule has 0 fully saturated rings. The lowest BCUT2D eigenvalue weighted by molar-refractivity contribution is -0.0407. The Bertz CT molecular complexity index is 386. The zero-order valence-corrected chi connectivity index (χ0v) is 10.9. The summed E-state index contributed by atoms with van der Waals surface area (Å²) >= 11 is 6.04. The zero-order valence-electron chi connectivity index (χ0n) is 10.1. The number of primary amides is 1. The van der Waals surface area contributed by atoms with Gasteiger partial charge in [0, 0.05) is 24.1 Å². The van der Waals surface area contributed by atoms with Crippen molar-refractivity contribution in [2.75, 3.05) is 20.5 Å². The summed E-state index contributed by atoms with van der Waals surface area (Å²) in [6.07, 6.45) is -0.907. The number of rotatable bonds is 7. The molecule has 1 atom stereocenters. The first kappa shape index (κ1) is 14.8. The Morgan fingerprint density at radius 2 is 2.17 bits per heavy atom. The fourth-order valence-corrected chi connectivity index (χ4v) is 1.74. The molecular weight excluding hydrogens is 258 g/mol. The number of ether oxygens (including phenoxy) is 3. The summed E-state index contributed by atoms with van der Waals surface area (Å²) in [6.45, 7) is 0.558. The first-order valence-corrected chi connectivity index (χ1v) is 5.80. The molecule has 0 bridgehead atoms. The highest BCUT2D eigenvalue weighted by atomic mass is 35.5. The average Bonchev–Trinajstić information content (AvgIpc) is 2.33. The quantitative estimate of drug-likeness (QED) is 0.612. The van der Waals surface area contributed by atoms with Crippen molar-refractivity contribution in [3.8, 4) is 0 Å². The molecular formula is C12H16ClNO4. The third-order valence-electron chi connectivity index (χ3n) is 2.24. The van der Waals surface area contributed by atoms with Gasteiger partial charge in [-0.05, 0) is 6.07 Å². The lowest BCUT2D eigenvalue weighted by Crippen LogP contribution is -2.19. The summed E-state index contributed by atoms with van der Waals surface area (Å²) in [5, 5.41) is 0.524. The molecule has 1 aromatic rings. The van der Waals surface area contributed by atoms with Crippen LogP contribution in [0.15, 0.2) is 24.3 Å². The molecule has 0 unspecified atom stereocenters. The van der Waals surface area contributed by atoms with Crippen LogP contribution in [0.5, 0.6) is 0 Å². The van der Waals surface area contributed by atoms with Gasteiger partial charge in [0.15, 0.2) is 0 Å². The van der Waals surface area contributed by atoms with Gasteiger partial charge in [0.2, 0.25) is 0 Å². The Balaban J connectivity index is 2.66. The minimum atomic E-state index is -0.841. The van der Waals surface area contributed by atoms with Crippen molar-refractivity contribution in [3.05, 3.63) is 34.9 Å². The van der Waals surface area contributed by atoms with Crippen LogP contribution in [-0.2, 0) is 14.2 Å². The monoisotopic (exact) mass is 273 g/mol. The highest BCUT2D eigenvalue weighted by molar-refractivity contribution is 6.31. The summed E-state index contributed by atoms with van der Waals surface area (Å²) in [5.74, 6) is 0. The van der Waals surface area contributed by atoms with Gasteiger partial charge in [-0.3, -0.25) is 0 Å². The van der Waals surface area contributed by atoms with E-state index < -0.39 is 12.2 Å². The molecule has 100 valence electrons. The molecule has 18 heavy (non-hydrogen) atoms. The Morgan fingerprint density at radius 3 is 2.78 bits per heavy atom. The van der Waals surface area contributed by atoms with Gasteiger partial charge in [-0.15, -0.1) is 0 Å². The van der Waals surface area contributed by atoms with Gasteiger partial charge in [0.1, 0.15) is 12.9 Å². The highest BCUT2D eigenvalue weighted by Gasteiger charge is 2.17. The molecule has 0 aliphatic carbocycles. The Morgan fingerprint density at radius 1 is 1.44 bits per heavy atom. The van der Waals surface area contributed by atoms with E-state index in [4.69, 9.17) is 31.5 Å². The highest BCUT2D eigenvalue weighted by Crippen LogP contribution is 2.28. The summed E-state index contributed by atoms with van der Waals surface area (Å²) in [7, 11) is 1.53. The van der Waals surface area contributed by atoms with Gasteiger partial charge in [0.05, 0.1) is 6.61 Å². The summed E-state index contributed by atoms with van der Waals surface area (Å²) in [6, 6.07) is 7.12. The van der Waals surface area contributed by atoms with E-state index in [0.717, 1.165) is 0 Å². The van der Waals surface area contributed by atoms with E-state index in [0.29, 0.717) is 23.6 Å². The van der Waals surface area contributed by atoms with Crippen molar-refractivity contribution in [1.29, 1.82) is 0 Å². The van der Waals surface area contributed by atoms with Crippen LogP contribution >= 0.6 is 11.6 Å². The molecule has 0 spiro atoms. The molecule has 0 radical (unpaired) electrons. The van der Waals surface area contributed by atoms with E-state index in [1.807, 2.05) is 6.07 Å². The number of halogens is 1. The lowest BCUT2D eigenvalue weighted by atomic mass is 10.1. The second-order valence-electron chi connectivity index (χ2n) is 3.55. The molecule has 5 nitrogen and oxygen atoms in total. The van der Waals surface area contributed by atoms with Crippen LogP contribution in [0, 0.1) is 0 Å². The number of benzene rings is 1. The predicted octanol–water partition coefficient (Wildman–Crippen LogP) is 2.49. The standard InChI is InChI=1S/C12H16ClNO4/c1-16-8-17-7-6-11(18-12(14)15)9-4-2-3-5-10(9)13/h2-5,11H,6-8H2,1H3,(H2,14,15)/t11-/m0/s1. The van der Waals surface area contributed by atoms with Crippen molar-refractivity contribution < 1.29 is 19.0 Å². The van der Waals surface area contributed by atoms with E-state index in [2.05, 4.69) is 0 Å². The predicted molar refractivity (Wildman–Crippen MR) is 67.3 cm³/mol. The number of nitrogens with two attached hydrogens (primary N) is 1. The largest absolute Gasteiger partial charge is 0.441 e. The molecule has 1 rings (SSSR count). The molecule has 0 aliphatic heterocycles. The zero-order chi connectivity index (χ0) is 13.4. The fraction of sp³-hybridized carbons (Fsp3) is 0.417. The van der Waals surface area contributed by atoms with Gasteiger partial charge in [-0.1, -0.05) is 29.8 Å². The number of amides is 1. The van der Waals surface area contributed by atoms with E-state index in [-0.39, 0.29) is 6.79 Å². The molecule has 0 saturated carbocycles. The van der Waals surface area contributed by atoms with Crippen molar-refractivity contribution in [2.24, 2.45) is 5.73 Å². The SMILES string of the molecule is COCOCC[C@H](OC(N)=O)c1ccccc1Cl. The smallest absolute Gasteiger partial charge is 0.405 e. The normalized spacial score (nSPS) is 12.1. The van der Waals surface area contributed by atoms with E-state index in [1.54, 1.807) is 18.2 Å². The number of hydrogen-bond donors (Lipinski definition) is 1. The van der Waals surface area contributed by atoms with E-state index in [1.165, 1.54) is 7.11 Å². The van der Waals surface area contributed by atoms with Crippen molar-refractivity contribution in [3.63, 3.8) is 0 Å². The van der Waals surface area contributed by atoms with Crippen LogP contribution < -0.4 is 5.73 Å². The number of hydrogen-bond acceptors (Lipinski definition) is 4. The van der Waals surface area contributed by atoms with Gasteiger partial charge >= 0.3 is 6.09 Å². The number of carbonyl (C=O) groups is 1. The fourth-order valence-electron chi connectivity index (χ4n) is 1.49. The topological polar surface area (TPSA) is 70.8 Å². The summed E-state index contributed by atoms with van der Waals surface area (Å²) in [5.41, 5.74) is 5.75. The maximum Gasteiger partial charge on any atom is 0.405 e. The van der Waals surface area contributed by atoms with Crippen LogP contribution in [0.3, 0.4) is 0 Å². The van der Waals surface area contributed by atoms with Gasteiger partial charge in [0.25, 0.3) is 0 Å². The van der Waals surface area contributed by atoms with E-state index >= 15 is 0 Å². The summed E-state index contributed by atoms with van der Waals surface area (Å²) < 4.78 is 14.9. The Hall–Kier alpha value is -1.30. The summed E-state index contributed by atoms with van der Waals surface area (Å²) in [4.78, 5) is 10.9. The van der Waals surface area contributed by atoms with Gasteiger partial charge < -0.3 is 19.9 Å². The van der Waals surface area contributed by atoms with Crippen LogP contribution in [0.25, 0.3) is 0 Å². The molecule has 0 saturated heterocycles. The first-order valence-electron chi connectivity index (χ1n) is 5.42. The number of methoxy groups -OCH3 is 1. The van der Waals surface area contributed by atoms with Crippen molar-refractivity contribution in [1.82, 2.24) is 0 Å². The molecule has 1 aromatic carbocycles. The van der Waals surface area contributed by atoms with Crippen molar-refractivity contribution in [2.45, 2.75) is 12.5 Å². The van der Waals surface area contributed by atoms with Crippen molar-refractivity contribution >= 4 is 17.7 Å². The van der Waals surface area contributed by atoms with E-state index in [9.17, 15) is 4.79 Å². The van der Waals surface area contributed by atoms with Crippen LogP contribution in [0.4, 0.5) is 4.79 Å². The van der Waals surface area contributed by atoms with Crippen LogP contribution in [0.1, 0.15) is 18.1 Å². The molecule has 0 aromatic heterocycles. The average molecular weight is 274 g/mol. The van der Waals surface area contributed by atoms with Gasteiger partial charge in [-0.2, -0.15) is 0 Å². The maximum atomic E-state index is 10.9. The second kappa shape index (κ2) is 7.92. The Labute approximate surface area is 111 Å². The second-order valence-corrected chi connectivity index (χ2v) is 3.96. The molecule has 1 amide bonds. The molecule has 2 N–H and O–H groups in total. The Kier molecular flexibility index (Phi) is 6.49. The molecule has 6 heteroatoms. The molecule has 0 heterocycles. The lowest BCUT2D eigenvalue weighted by Gasteiger charge is -2.18. The maximum absolute atomic E-state index is 10.9. The van der Waals surface area contributed by atoms with Crippen LogP contribution in [0.2, 0.25) is 5.02 Å². The minimum absolute atomic E-state index is 0.186. The van der Waals surface area contributed by atoms with Gasteiger partial charge in [-0.25, -0.2) is 4.79 Å². The molecule has 0 aliphatic rings. The van der Waals surface area contributed by atoms with Crippen LogP contribution in [-0.4, -0.2) is 26.6 Å². The third kappa shape index (κ3) is 4.91. The first-order chi connectivity index (χ1) is 8.65.